The van der Waals surface area contributed by atoms with E-state index in [1.165, 1.54) is 11.3 Å². The van der Waals surface area contributed by atoms with Crippen LogP contribution in [0.3, 0.4) is 0 Å². The van der Waals surface area contributed by atoms with Crippen LogP contribution in [-0.4, -0.2) is 27.9 Å². The number of hydrogen-bond acceptors (Lipinski definition) is 4. The van der Waals surface area contributed by atoms with Crippen LogP contribution in [0.15, 0.2) is 18.2 Å². The largest absolute Gasteiger partial charge is 0.384 e. The summed E-state index contributed by atoms with van der Waals surface area (Å²) in [4.78, 5) is 0. The van der Waals surface area contributed by atoms with E-state index in [4.69, 9.17) is 0 Å². The Morgan fingerprint density at radius 2 is 2.21 bits per heavy atom. The number of anilines is 2. The summed E-state index contributed by atoms with van der Waals surface area (Å²) in [7, 11) is 0. The third kappa shape index (κ3) is 2.05. The maximum absolute atomic E-state index is 4.33. The molecule has 0 bridgehead atoms. The highest BCUT2D eigenvalue weighted by Gasteiger charge is 2.15. The van der Waals surface area contributed by atoms with Crippen LogP contribution in [0.1, 0.15) is 19.4 Å². The number of rotatable bonds is 4. The molecule has 1 aromatic heterocycles. The zero-order valence-corrected chi connectivity index (χ0v) is 11.4. The highest BCUT2D eigenvalue weighted by molar-refractivity contribution is 5.66. The zero-order valence-electron chi connectivity index (χ0n) is 11.4. The van der Waals surface area contributed by atoms with Crippen molar-refractivity contribution in [1.82, 2.24) is 14.8 Å². The van der Waals surface area contributed by atoms with Crippen LogP contribution in [-0.2, 0) is 13.0 Å². The molecule has 5 heteroatoms. The molecule has 0 fully saturated rings. The number of hydrogen-bond donors (Lipinski definition) is 2. The SMILES string of the molecule is CCNc1nnc(-c2ccc3c(c2)CCN3)n1CC. The Morgan fingerprint density at radius 1 is 1.32 bits per heavy atom. The van der Waals surface area contributed by atoms with Gasteiger partial charge in [-0.15, -0.1) is 10.2 Å². The van der Waals surface area contributed by atoms with Crippen molar-refractivity contribution in [2.24, 2.45) is 0 Å². The van der Waals surface area contributed by atoms with Gasteiger partial charge in [-0.1, -0.05) is 0 Å². The van der Waals surface area contributed by atoms with Crippen molar-refractivity contribution in [2.45, 2.75) is 26.8 Å². The number of nitrogens with one attached hydrogen (secondary N) is 2. The average Bonchev–Trinajstić information content (AvgIpc) is 3.04. The maximum atomic E-state index is 4.33. The summed E-state index contributed by atoms with van der Waals surface area (Å²) in [5, 5.41) is 15.2. The fraction of sp³-hybridized carbons (Fsp3) is 0.429. The topological polar surface area (TPSA) is 54.8 Å². The summed E-state index contributed by atoms with van der Waals surface area (Å²) in [6.45, 7) is 6.92. The van der Waals surface area contributed by atoms with E-state index >= 15 is 0 Å². The molecule has 3 rings (SSSR count). The van der Waals surface area contributed by atoms with Crippen molar-refractivity contribution < 1.29 is 0 Å². The van der Waals surface area contributed by atoms with E-state index in [0.29, 0.717) is 0 Å². The van der Waals surface area contributed by atoms with E-state index in [1.807, 2.05) is 0 Å². The van der Waals surface area contributed by atoms with E-state index in [9.17, 15) is 0 Å². The van der Waals surface area contributed by atoms with Crippen molar-refractivity contribution in [2.75, 3.05) is 23.7 Å². The summed E-state index contributed by atoms with van der Waals surface area (Å²) in [6, 6.07) is 6.48. The van der Waals surface area contributed by atoms with Crippen molar-refractivity contribution in [1.29, 1.82) is 0 Å². The summed E-state index contributed by atoms with van der Waals surface area (Å²) in [5.74, 6) is 1.78. The third-order valence-electron chi connectivity index (χ3n) is 3.48. The van der Waals surface area contributed by atoms with E-state index in [2.05, 4.69) is 57.4 Å². The molecule has 0 saturated heterocycles. The van der Waals surface area contributed by atoms with Gasteiger partial charge in [0.25, 0.3) is 0 Å². The van der Waals surface area contributed by atoms with Gasteiger partial charge in [-0.25, -0.2) is 0 Å². The lowest BCUT2D eigenvalue weighted by molar-refractivity contribution is 0.770. The first kappa shape index (κ1) is 12.0. The van der Waals surface area contributed by atoms with Gasteiger partial charge in [-0.3, -0.25) is 4.57 Å². The second kappa shape index (κ2) is 4.91. The number of aromatic nitrogens is 3. The molecule has 0 radical (unpaired) electrons. The molecule has 0 aliphatic carbocycles. The van der Waals surface area contributed by atoms with Gasteiger partial charge in [0.2, 0.25) is 5.95 Å². The number of benzene rings is 1. The molecule has 1 aliphatic rings. The quantitative estimate of drug-likeness (QED) is 0.883. The molecule has 2 aromatic rings. The molecule has 5 nitrogen and oxygen atoms in total. The van der Waals surface area contributed by atoms with Gasteiger partial charge >= 0.3 is 0 Å². The Bertz CT molecular complexity index is 588. The molecule has 2 heterocycles. The Balaban J connectivity index is 2.02. The predicted molar refractivity (Wildman–Crippen MR) is 77.5 cm³/mol. The van der Waals surface area contributed by atoms with Crippen LogP contribution in [0, 0.1) is 0 Å². The summed E-state index contributed by atoms with van der Waals surface area (Å²) in [6.07, 6.45) is 1.09. The Kier molecular flexibility index (Phi) is 3.11. The fourth-order valence-electron chi connectivity index (χ4n) is 2.55. The molecule has 1 aliphatic heterocycles. The molecular weight excluding hydrogens is 238 g/mol. The average molecular weight is 257 g/mol. The van der Waals surface area contributed by atoms with Gasteiger partial charge in [-0.2, -0.15) is 0 Å². The second-order valence-corrected chi connectivity index (χ2v) is 4.67. The van der Waals surface area contributed by atoms with Crippen LogP contribution < -0.4 is 10.6 Å². The molecule has 0 amide bonds. The van der Waals surface area contributed by atoms with E-state index < -0.39 is 0 Å². The van der Waals surface area contributed by atoms with Crippen molar-refractivity contribution in [3.63, 3.8) is 0 Å². The van der Waals surface area contributed by atoms with Crippen molar-refractivity contribution >= 4 is 11.6 Å². The Morgan fingerprint density at radius 3 is 3.00 bits per heavy atom. The predicted octanol–water partition coefficient (Wildman–Crippen LogP) is 2.36. The van der Waals surface area contributed by atoms with E-state index in [1.54, 1.807) is 0 Å². The van der Waals surface area contributed by atoms with Gasteiger partial charge in [0.05, 0.1) is 0 Å². The summed E-state index contributed by atoms with van der Waals surface area (Å²) >= 11 is 0. The minimum absolute atomic E-state index is 0.846. The highest BCUT2D eigenvalue weighted by atomic mass is 15.3. The molecule has 0 unspecified atom stereocenters. The minimum Gasteiger partial charge on any atom is -0.384 e. The maximum Gasteiger partial charge on any atom is 0.224 e. The van der Waals surface area contributed by atoms with Crippen LogP contribution >= 0.6 is 0 Å². The minimum atomic E-state index is 0.846. The highest BCUT2D eigenvalue weighted by Crippen LogP contribution is 2.28. The summed E-state index contributed by atoms with van der Waals surface area (Å²) in [5.41, 5.74) is 3.76. The zero-order chi connectivity index (χ0) is 13.2. The lowest BCUT2D eigenvalue weighted by Gasteiger charge is -2.09. The second-order valence-electron chi connectivity index (χ2n) is 4.67. The van der Waals surface area contributed by atoms with Crippen molar-refractivity contribution in [3.8, 4) is 11.4 Å². The molecule has 1 aromatic carbocycles. The van der Waals surface area contributed by atoms with Gasteiger partial charge < -0.3 is 10.6 Å². The van der Waals surface area contributed by atoms with Crippen LogP contribution in [0.5, 0.6) is 0 Å². The van der Waals surface area contributed by atoms with Gasteiger partial charge in [-0.05, 0) is 44.0 Å². The normalized spacial score (nSPS) is 13.2. The van der Waals surface area contributed by atoms with Gasteiger partial charge in [0.15, 0.2) is 5.82 Å². The number of nitrogens with zero attached hydrogens (tertiary/aromatic N) is 3. The molecule has 0 spiro atoms. The van der Waals surface area contributed by atoms with Crippen LogP contribution in [0.25, 0.3) is 11.4 Å². The van der Waals surface area contributed by atoms with E-state index in [-0.39, 0.29) is 0 Å². The molecule has 0 atom stereocenters. The molecule has 0 saturated carbocycles. The standard InChI is InChI=1S/C14H19N5/c1-3-15-14-18-17-13(19(14)4-2)11-5-6-12-10(9-11)7-8-16-12/h5-6,9,16H,3-4,7-8H2,1-2H3,(H,15,18). The first-order valence-corrected chi connectivity index (χ1v) is 6.87. The molecule has 2 N–H and O–H groups in total. The van der Waals surface area contributed by atoms with Crippen LogP contribution in [0.2, 0.25) is 0 Å². The molecule has 19 heavy (non-hydrogen) atoms. The fourth-order valence-corrected chi connectivity index (χ4v) is 2.55. The number of fused-ring (bicyclic) bond motifs is 1. The Hall–Kier alpha value is -2.04. The first-order chi connectivity index (χ1) is 9.33. The van der Waals surface area contributed by atoms with E-state index in [0.717, 1.165) is 43.4 Å². The van der Waals surface area contributed by atoms with Crippen LogP contribution in [0.4, 0.5) is 11.6 Å². The molecule has 100 valence electrons. The summed E-state index contributed by atoms with van der Waals surface area (Å²) < 4.78 is 2.12. The third-order valence-corrected chi connectivity index (χ3v) is 3.48. The molecular formula is C14H19N5. The first-order valence-electron chi connectivity index (χ1n) is 6.87. The lowest BCUT2D eigenvalue weighted by Crippen LogP contribution is -2.06. The lowest BCUT2D eigenvalue weighted by atomic mass is 10.1. The van der Waals surface area contributed by atoms with Gasteiger partial charge in [0.1, 0.15) is 0 Å². The Labute approximate surface area is 113 Å². The van der Waals surface area contributed by atoms with Gasteiger partial charge in [0, 0.05) is 30.9 Å². The monoisotopic (exact) mass is 257 g/mol. The smallest absolute Gasteiger partial charge is 0.224 e. The van der Waals surface area contributed by atoms with Crippen molar-refractivity contribution in [3.05, 3.63) is 23.8 Å².